The van der Waals surface area contributed by atoms with Crippen molar-refractivity contribution in [3.8, 4) is 6.07 Å². The van der Waals surface area contributed by atoms with Crippen LogP contribution in [0.5, 0.6) is 0 Å². The number of nitrogens with zero attached hydrogens (tertiary/aromatic N) is 6. The van der Waals surface area contributed by atoms with E-state index in [2.05, 4.69) is 21.1 Å². The number of carbonyl (C=O) groups excluding carboxylic acids is 1. The van der Waals surface area contributed by atoms with Crippen LogP contribution >= 0.6 is 0 Å². The minimum atomic E-state index is 0.0143. The van der Waals surface area contributed by atoms with Crippen LogP contribution in [0, 0.1) is 25.2 Å². The van der Waals surface area contributed by atoms with Crippen LogP contribution < -0.4 is 4.90 Å². The van der Waals surface area contributed by atoms with Gasteiger partial charge in [0.2, 0.25) is 0 Å². The molecule has 0 N–H and O–H groups in total. The van der Waals surface area contributed by atoms with Gasteiger partial charge in [0.1, 0.15) is 11.9 Å². The fourth-order valence-electron chi connectivity index (χ4n) is 3.35. The molecule has 1 amide bonds. The number of carbonyl (C=O) groups is 1. The Balaban J connectivity index is 1.77. The van der Waals surface area contributed by atoms with Crippen LogP contribution in [0.4, 0.5) is 5.82 Å². The van der Waals surface area contributed by atoms with E-state index in [1.807, 2.05) is 31.7 Å². The topological polar surface area (TPSA) is 78.0 Å². The molecule has 2 aromatic heterocycles. The molecule has 136 valence electrons. The second kappa shape index (κ2) is 7.56. The van der Waals surface area contributed by atoms with E-state index < -0.39 is 0 Å². The maximum Gasteiger partial charge on any atom is 0.257 e. The van der Waals surface area contributed by atoms with E-state index in [0.29, 0.717) is 30.8 Å². The predicted molar refractivity (Wildman–Crippen MR) is 99.1 cm³/mol. The minimum Gasteiger partial charge on any atom is -0.354 e. The smallest absolute Gasteiger partial charge is 0.257 e. The van der Waals surface area contributed by atoms with Crippen molar-refractivity contribution in [1.29, 1.82) is 5.26 Å². The van der Waals surface area contributed by atoms with Gasteiger partial charge in [-0.05, 0) is 38.8 Å². The van der Waals surface area contributed by atoms with Crippen molar-refractivity contribution in [3.63, 3.8) is 0 Å². The van der Waals surface area contributed by atoms with Crippen molar-refractivity contribution in [2.45, 2.75) is 33.7 Å². The second-order valence-electron chi connectivity index (χ2n) is 6.61. The summed E-state index contributed by atoms with van der Waals surface area (Å²) in [6.45, 7) is 9.37. The molecule has 0 atom stereocenters. The molecule has 0 unspecified atom stereocenters. The highest BCUT2D eigenvalue weighted by Crippen LogP contribution is 2.23. The minimum absolute atomic E-state index is 0.0143. The summed E-state index contributed by atoms with van der Waals surface area (Å²) in [6.07, 6.45) is 4.27. The van der Waals surface area contributed by atoms with Gasteiger partial charge in [-0.15, -0.1) is 0 Å². The molecule has 3 rings (SSSR count). The number of pyridine rings is 1. The lowest BCUT2D eigenvalue weighted by atomic mass is 10.1. The molecule has 1 aliphatic heterocycles. The van der Waals surface area contributed by atoms with Gasteiger partial charge in [0.25, 0.3) is 5.91 Å². The molecule has 0 aromatic carbocycles. The Bertz CT molecular complexity index is 850. The monoisotopic (exact) mass is 352 g/mol. The van der Waals surface area contributed by atoms with E-state index >= 15 is 0 Å². The molecular weight excluding hydrogens is 328 g/mol. The lowest BCUT2D eigenvalue weighted by Gasteiger charge is -2.24. The average Bonchev–Trinajstić information content (AvgIpc) is 2.97. The fourth-order valence-corrected chi connectivity index (χ4v) is 3.35. The largest absolute Gasteiger partial charge is 0.354 e. The lowest BCUT2D eigenvalue weighted by Crippen LogP contribution is -2.35. The molecule has 1 saturated heterocycles. The summed E-state index contributed by atoms with van der Waals surface area (Å²) in [5.74, 6) is 0.749. The van der Waals surface area contributed by atoms with Crippen LogP contribution in [-0.2, 0) is 6.54 Å². The predicted octanol–water partition coefficient (Wildman–Crippen LogP) is 2.14. The summed E-state index contributed by atoms with van der Waals surface area (Å²) >= 11 is 0. The van der Waals surface area contributed by atoms with Crippen LogP contribution in [0.1, 0.15) is 40.5 Å². The molecule has 26 heavy (non-hydrogen) atoms. The first kappa shape index (κ1) is 17.9. The molecule has 0 bridgehead atoms. The van der Waals surface area contributed by atoms with Crippen LogP contribution in [0.25, 0.3) is 0 Å². The van der Waals surface area contributed by atoms with Crippen LogP contribution in [0.15, 0.2) is 18.5 Å². The van der Waals surface area contributed by atoms with Gasteiger partial charge in [-0.2, -0.15) is 10.4 Å². The Labute approximate surface area is 153 Å². The number of aromatic nitrogens is 3. The van der Waals surface area contributed by atoms with E-state index in [-0.39, 0.29) is 5.91 Å². The van der Waals surface area contributed by atoms with Crippen LogP contribution in [0.2, 0.25) is 0 Å². The Morgan fingerprint density at radius 3 is 2.77 bits per heavy atom. The molecule has 3 heterocycles. The quantitative estimate of drug-likeness (QED) is 0.846. The van der Waals surface area contributed by atoms with Crippen LogP contribution in [-0.4, -0.2) is 51.8 Å². The average molecular weight is 352 g/mol. The SMILES string of the molecule is CCn1cc(C(=O)N2CCCN(c3nc(C)cc(C)c3C#N)CC2)cn1. The Hall–Kier alpha value is -2.88. The molecule has 0 saturated carbocycles. The summed E-state index contributed by atoms with van der Waals surface area (Å²) in [4.78, 5) is 21.3. The fraction of sp³-hybridized carbons (Fsp3) is 0.474. The number of rotatable bonds is 3. The van der Waals surface area contributed by atoms with Gasteiger partial charge in [-0.25, -0.2) is 4.98 Å². The number of hydrogen-bond donors (Lipinski definition) is 0. The summed E-state index contributed by atoms with van der Waals surface area (Å²) in [5, 5.41) is 13.7. The van der Waals surface area contributed by atoms with Crippen molar-refractivity contribution in [3.05, 3.63) is 40.8 Å². The maximum atomic E-state index is 12.7. The van der Waals surface area contributed by atoms with E-state index in [4.69, 9.17) is 0 Å². The highest BCUT2D eigenvalue weighted by Gasteiger charge is 2.23. The van der Waals surface area contributed by atoms with Gasteiger partial charge in [-0.1, -0.05) is 0 Å². The third-order valence-corrected chi connectivity index (χ3v) is 4.72. The molecular formula is C19H24N6O. The summed E-state index contributed by atoms with van der Waals surface area (Å²) < 4.78 is 1.76. The standard InChI is InChI=1S/C19H24N6O/c1-4-25-13-16(12-21-25)19(26)24-7-5-6-23(8-9-24)18-17(11-20)14(2)10-15(3)22-18/h10,12-13H,4-9H2,1-3H3. The maximum absolute atomic E-state index is 12.7. The molecule has 0 aliphatic carbocycles. The summed E-state index contributed by atoms with van der Waals surface area (Å²) in [6, 6.07) is 4.21. The van der Waals surface area contributed by atoms with E-state index in [1.165, 1.54) is 0 Å². The van der Waals surface area contributed by atoms with Crippen molar-refractivity contribution >= 4 is 11.7 Å². The first-order valence-corrected chi connectivity index (χ1v) is 8.98. The molecule has 0 spiro atoms. The van der Waals surface area contributed by atoms with Crippen molar-refractivity contribution in [2.24, 2.45) is 0 Å². The second-order valence-corrected chi connectivity index (χ2v) is 6.61. The van der Waals surface area contributed by atoms with E-state index in [9.17, 15) is 10.1 Å². The summed E-state index contributed by atoms with van der Waals surface area (Å²) in [5.41, 5.74) is 3.10. The molecule has 1 fully saturated rings. The van der Waals surface area contributed by atoms with Crippen LogP contribution in [0.3, 0.4) is 0 Å². The third-order valence-electron chi connectivity index (χ3n) is 4.72. The number of hydrogen-bond acceptors (Lipinski definition) is 5. The number of aryl methyl sites for hydroxylation is 3. The van der Waals surface area contributed by atoms with Gasteiger partial charge in [0.15, 0.2) is 0 Å². The van der Waals surface area contributed by atoms with Gasteiger partial charge in [0, 0.05) is 44.6 Å². The van der Waals surface area contributed by atoms with Crippen molar-refractivity contribution < 1.29 is 4.79 Å². The van der Waals surface area contributed by atoms with E-state index in [1.54, 1.807) is 17.1 Å². The van der Waals surface area contributed by atoms with Gasteiger partial charge in [0.05, 0.1) is 17.3 Å². The third kappa shape index (κ3) is 3.54. The zero-order valence-electron chi connectivity index (χ0n) is 15.6. The Kier molecular flexibility index (Phi) is 5.21. The Morgan fingerprint density at radius 1 is 1.27 bits per heavy atom. The number of nitriles is 1. The van der Waals surface area contributed by atoms with Gasteiger partial charge >= 0.3 is 0 Å². The van der Waals surface area contributed by atoms with Gasteiger partial charge < -0.3 is 9.80 Å². The normalized spacial score (nSPS) is 14.8. The Morgan fingerprint density at radius 2 is 2.08 bits per heavy atom. The molecule has 0 radical (unpaired) electrons. The molecule has 7 heteroatoms. The zero-order valence-corrected chi connectivity index (χ0v) is 15.6. The highest BCUT2D eigenvalue weighted by molar-refractivity contribution is 5.93. The molecule has 1 aliphatic rings. The van der Waals surface area contributed by atoms with Crippen molar-refractivity contribution in [1.82, 2.24) is 19.7 Å². The van der Waals surface area contributed by atoms with Crippen molar-refractivity contribution in [2.75, 3.05) is 31.1 Å². The molecule has 7 nitrogen and oxygen atoms in total. The first-order valence-electron chi connectivity index (χ1n) is 8.98. The number of amides is 1. The van der Waals surface area contributed by atoms with E-state index in [0.717, 1.165) is 36.6 Å². The number of anilines is 1. The first-order chi connectivity index (χ1) is 12.5. The van der Waals surface area contributed by atoms with Gasteiger partial charge in [-0.3, -0.25) is 9.48 Å². The lowest BCUT2D eigenvalue weighted by molar-refractivity contribution is 0.0767. The molecule has 2 aromatic rings. The highest BCUT2D eigenvalue weighted by atomic mass is 16.2. The summed E-state index contributed by atoms with van der Waals surface area (Å²) in [7, 11) is 0. The zero-order chi connectivity index (χ0) is 18.7.